The summed E-state index contributed by atoms with van der Waals surface area (Å²) in [6, 6.07) is 4.50. The number of hydrogen-bond donors (Lipinski definition) is 3. The molecule has 0 saturated carbocycles. The first-order chi connectivity index (χ1) is 9.69. The highest BCUT2D eigenvalue weighted by Crippen LogP contribution is 2.22. The van der Waals surface area contributed by atoms with E-state index in [0.29, 0.717) is 12.3 Å². The van der Waals surface area contributed by atoms with Crippen molar-refractivity contribution in [2.75, 3.05) is 31.7 Å². The van der Waals surface area contributed by atoms with E-state index in [1.807, 2.05) is 0 Å². The highest BCUT2D eigenvalue weighted by atomic mass is 19.1. The summed E-state index contributed by atoms with van der Waals surface area (Å²) in [5.74, 6) is -0.278. The van der Waals surface area contributed by atoms with E-state index < -0.39 is 11.9 Å². The van der Waals surface area contributed by atoms with Gasteiger partial charge in [0.25, 0.3) is 0 Å². The van der Waals surface area contributed by atoms with Gasteiger partial charge in [-0.15, -0.1) is 0 Å². The van der Waals surface area contributed by atoms with E-state index in [1.54, 1.807) is 6.07 Å². The lowest BCUT2D eigenvalue weighted by atomic mass is 10.2. The third-order valence-electron chi connectivity index (χ3n) is 3.13. The number of ether oxygens (including phenoxy) is 2. The van der Waals surface area contributed by atoms with Crippen LogP contribution in [0.5, 0.6) is 5.75 Å². The number of hydrogen-bond acceptors (Lipinski definition) is 5. The molecule has 1 fully saturated rings. The van der Waals surface area contributed by atoms with Crippen LogP contribution in [0.1, 0.15) is 12.8 Å². The molecular formula is C14H20FNO4. The third-order valence-corrected chi connectivity index (χ3v) is 3.13. The van der Waals surface area contributed by atoms with Crippen molar-refractivity contribution in [3.63, 3.8) is 0 Å². The Hall–Kier alpha value is -1.37. The van der Waals surface area contributed by atoms with E-state index in [0.717, 1.165) is 19.4 Å². The van der Waals surface area contributed by atoms with Crippen LogP contribution in [0.15, 0.2) is 18.2 Å². The van der Waals surface area contributed by atoms with Gasteiger partial charge < -0.3 is 25.0 Å². The maximum atomic E-state index is 13.8. The van der Waals surface area contributed by atoms with Crippen LogP contribution in [-0.4, -0.2) is 48.8 Å². The summed E-state index contributed by atoms with van der Waals surface area (Å²) in [4.78, 5) is 0. The summed E-state index contributed by atoms with van der Waals surface area (Å²) in [7, 11) is 0. The summed E-state index contributed by atoms with van der Waals surface area (Å²) in [6.07, 6.45) is 1.15. The van der Waals surface area contributed by atoms with E-state index in [4.69, 9.17) is 14.6 Å². The Labute approximate surface area is 117 Å². The largest absolute Gasteiger partial charge is 0.488 e. The van der Waals surface area contributed by atoms with Crippen molar-refractivity contribution >= 4 is 5.69 Å². The Bertz CT molecular complexity index is 424. The molecule has 1 aliphatic heterocycles. The smallest absolute Gasteiger partial charge is 0.167 e. The summed E-state index contributed by atoms with van der Waals surface area (Å²) in [5.41, 5.74) is 0.527. The van der Waals surface area contributed by atoms with Gasteiger partial charge in [-0.1, -0.05) is 0 Å². The minimum atomic E-state index is -0.867. The Morgan fingerprint density at radius 2 is 2.35 bits per heavy atom. The van der Waals surface area contributed by atoms with Gasteiger partial charge in [-0.05, 0) is 25.0 Å². The number of benzene rings is 1. The molecule has 2 atom stereocenters. The van der Waals surface area contributed by atoms with Gasteiger partial charge in [0.05, 0.1) is 18.8 Å². The average Bonchev–Trinajstić information content (AvgIpc) is 2.97. The lowest BCUT2D eigenvalue weighted by Crippen LogP contribution is -2.23. The lowest BCUT2D eigenvalue weighted by molar-refractivity contribution is 0.0666. The van der Waals surface area contributed by atoms with Crippen LogP contribution in [0.25, 0.3) is 0 Å². The zero-order chi connectivity index (χ0) is 14.4. The Morgan fingerprint density at radius 1 is 1.50 bits per heavy atom. The van der Waals surface area contributed by atoms with Crippen LogP contribution in [-0.2, 0) is 4.74 Å². The fourth-order valence-electron chi connectivity index (χ4n) is 1.99. The van der Waals surface area contributed by atoms with E-state index >= 15 is 0 Å². The number of halogens is 1. The second-order valence-electron chi connectivity index (χ2n) is 4.81. The lowest BCUT2D eigenvalue weighted by Gasteiger charge is -2.14. The van der Waals surface area contributed by atoms with Crippen LogP contribution in [0.3, 0.4) is 0 Å². The minimum absolute atomic E-state index is 0.0481. The first kappa shape index (κ1) is 15.0. The fraction of sp³-hybridized carbons (Fsp3) is 0.571. The van der Waals surface area contributed by atoms with Crippen LogP contribution >= 0.6 is 0 Å². The summed E-state index contributed by atoms with van der Waals surface area (Å²) < 4.78 is 24.6. The Balaban J connectivity index is 1.84. The zero-order valence-electron chi connectivity index (χ0n) is 11.2. The molecule has 3 N–H and O–H groups in total. The molecule has 112 valence electrons. The van der Waals surface area contributed by atoms with Gasteiger partial charge in [-0.25, -0.2) is 4.39 Å². The van der Waals surface area contributed by atoms with Crippen molar-refractivity contribution in [2.24, 2.45) is 0 Å². The quantitative estimate of drug-likeness (QED) is 0.701. The first-order valence-corrected chi connectivity index (χ1v) is 6.76. The predicted octanol–water partition coefficient (Wildman–Crippen LogP) is 1.15. The highest BCUT2D eigenvalue weighted by Gasteiger charge is 2.17. The van der Waals surface area contributed by atoms with Gasteiger partial charge >= 0.3 is 0 Å². The summed E-state index contributed by atoms with van der Waals surface area (Å²) in [5, 5.41) is 20.7. The monoisotopic (exact) mass is 285 g/mol. The van der Waals surface area contributed by atoms with E-state index in [9.17, 15) is 9.50 Å². The molecule has 1 aromatic carbocycles. The number of nitrogens with one attached hydrogen (secondary N) is 1. The van der Waals surface area contributed by atoms with E-state index in [1.165, 1.54) is 12.1 Å². The maximum absolute atomic E-state index is 13.8. The van der Waals surface area contributed by atoms with Gasteiger partial charge in [0.1, 0.15) is 6.61 Å². The molecule has 2 unspecified atom stereocenters. The van der Waals surface area contributed by atoms with Crippen molar-refractivity contribution in [3.05, 3.63) is 24.0 Å². The second-order valence-corrected chi connectivity index (χ2v) is 4.81. The topological polar surface area (TPSA) is 71.0 Å². The van der Waals surface area contributed by atoms with Crippen LogP contribution in [0, 0.1) is 5.82 Å². The van der Waals surface area contributed by atoms with E-state index in [2.05, 4.69) is 5.32 Å². The molecule has 5 nitrogen and oxygen atoms in total. The molecule has 1 aromatic rings. The van der Waals surface area contributed by atoms with Gasteiger partial charge in [-0.3, -0.25) is 0 Å². The Morgan fingerprint density at radius 3 is 3.00 bits per heavy atom. The molecule has 0 bridgehead atoms. The third kappa shape index (κ3) is 4.33. The molecule has 6 heteroatoms. The number of anilines is 1. The fourth-order valence-corrected chi connectivity index (χ4v) is 1.99. The number of rotatable bonds is 7. The Kier molecular flexibility index (Phi) is 5.58. The normalized spacial score (nSPS) is 19.9. The number of aliphatic hydroxyl groups is 2. The molecule has 0 aromatic heterocycles. The van der Waals surface area contributed by atoms with E-state index in [-0.39, 0.29) is 25.0 Å². The molecule has 1 saturated heterocycles. The van der Waals surface area contributed by atoms with Crippen LogP contribution in [0.4, 0.5) is 10.1 Å². The molecule has 2 rings (SSSR count). The SMILES string of the molecule is OCC(O)CNc1ccc(OCC2CCCO2)c(F)c1. The molecule has 0 spiro atoms. The van der Waals surface area contributed by atoms with Crippen molar-refractivity contribution in [1.29, 1.82) is 0 Å². The van der Waals surface area contributed by atoms with Crippen molar-refractivity contribution in [3.8, 4) is 5.75 Å². The molecule has 0 amide bonds. The second kappa shape index (κ2) is 7.42. The molecule has 1 heterocycles. The van der Waals surface area contributed by atoms with Crippen LogP contribution < -0.4 is 10.1 Å². The van der Waals surface area contributed by atoms with Crippen molar-refractivity contribution < 1.29 is 24.1 Å². The zero-order valence-corrected chi connectivity index (χ0v) is 11.2. The predicted molar refractivity (Wildman–Crippen MR) is 72.5 cm³/mol. The molecule has 1 aliphatic rings. The van der Waals surface area contributed by atoms with Crippen molar-refractivity contribution in [1.82, 2.24) is 0 Å². The van der Waals surface area contributed by atoms with Gasteiger partial charge in [0.15, 0.2) is 11.6 Å². The first-order valence-electron chi connectivity index (χ1n) is 6.76. The summed E-state index contributed by atoms with van der Waals surface area (Å²) in [6.45, 7) is 0.920. The van der Waals surface area contributed by atoms with Gasteiger partial charge in [0, 0.05) is 24.9 Å². The molecular weight excluding hydrogens is 265 g/mol. The van der Waals surface area contributed by atoms with Crippen LogP contribution in [0.2, 0.25) is 0 Å². The molecule has 0 radical (unpaired) electrons. The molecule has 20 heavy (non-hydrogen) atoms. The van der Waals surface area contributed by atoms with Crippen molar-refractivity contribution in [2.45, 2.75) is 25.0 Å². The summed E-state index contributed by atoms with van der Waals surface area (Å²) >= 11 is 0. The maximum Gasteiger partial charge on any atom is 0.167 e. The standard InChI is InChI=1S/C14H20FNO4/c15-13-6-10(16-7-11(18)8-17)3-4-14(13)20-9-12-2-1-5-19-12/h3-4,6,11-12,16-18H,1-2,5,7-9H2. The minimum Gasteiger partial charge on any atom is -0.488 e. The average molecular weight is 285 g/mol. The molecule has 0 aliphatic carbocycles. The highest BCUT2D eigenvalue weighted by molar-refractivity contribution is 5.47. The van der Waals surface area contributed by atoms with Gasteiger partial charge in [-0.2, -0.15) is 0 Å². The van der Waals surface area contributed by atoms with Gasteiger partial charge in [0.2, 0.25) is 0 Å². The number of aliphatic hydroxyl groups excluding tert-OH is 2.